The van der Waals surface area contributed by atoms with Crippen LogP contribution in [-0.4, -0.2) is 54.4 Å². The number of rotatable bonds is 6. The maximum absolute atomic E-state index is 13.3. The van der Waals surface area contributed by atoms with E-state index in [1.807, 2.05) is 6.92 Å². The average molecular weight is 471 g/mol. The van der Waals surface area contributed by atoms with Crippen LogP contribution in [-0.2, 0) is 17.1 Å². The molecule has 1 fully saturated rings. The number of aryl methyl sites for hydroxylation is 2. The summed E-state index contributed by atoms with van der Waals surface area (Å²) in [4.78, 5) is 28.0. The molecule has 0 bridgehead atoms. The van der Waals surface area contributed by atoms with Gasteiger partial charge in [-0.2, -0.15) is 0 Å². The quantitative estimate of drug-likeness (QED) is 0.597. The van der Waals surface area contributed by atoms with Gasteiger partial charge >= 0.3 is 0 Å². The van der Waals surface area contributed by atoms with Gasteiger partial charge in [-0.25, -0.2) is 12.4 Å². The number of amides is 1. The van der Waals surface area contributed by atoms with Crippen LogP contribution >= 0.6 is 0 Å². The Balaban J connectivity index is 1.70. The van der Waals surface area contributed by atoms with Gasteiger partial charge < -0.3 is 14.8 Å². The zero-order valence-corrected chi connectivity index (χ0v) is 20.1. The molecule has 0 radical (unpaired) electrons. The molecule has 0 unspecified atom stereocenters. The molecule has 1 saturated heterocycles. The molecular weight excluding hydrogens is 440 g/mol. The highest BCUT2D eigenvalue weighted by atomic mass is 32.2. The van der Waals surface area contributed by atoms with Crippen molar-refractivity contribution in [3.05, 3.63) is 64.2 Å². The summed E-state index contributed by atoms with van der Waals surface area (Å²) in [5.74, 6) is 0.359. The number of carbonyl (C=O) groups is 1. The fourth-order valence-corrected chi connectivity index (χ4v) is 5.72. The lowest BCUT2D eigenvalue weighted by atomic mass is 9.94. The van der Waals surface area contributed by atoms with Crippen molar-refractivity contribution < 1.29 is 13.2 Å². The maximum atomic E-state index is 13.3. The Morgan fingerprint density at radius 3 is 2.48 bits per heavy atom. The maximum Gasteiger partial charge on any atom is 0.275 e. The van der Waals surface area contributed by atoms with Gasteiger partial charge in [0.2, 0.25) is 0 Å². The highest BCUT2D eigenvalue weighted by molar-refractivity contribution is 7.90. The number of aromatic nitrogens is 2. The van der Waals surface area contributed by atoms with Crippen molar-refractivity contribution in [2.45, 2.75) is 31.1 Å². The van der Waals surface area contributed by atoms with E-state index in [-0.39, 0.29) is 16.3 Å². The first-order chi connectivity index (χ1) is 15.7. The second-order valence-corrected chi connectivity index (χ2v) is 10.7. The second-order valence-electron chi connectivity index (χ2n) is 8.86. The molecule has 3 heterocycles. The minimum absolute atomic E-state index is 0.0179. The lowest BCUT2D eigenvalue weighted by Gasteiger charge is -2.25. The van der Waals surface area contributed by atoms with Gasteiger partial charge in [-0.15, -0.1) is 0 Å². The van der Waals surface area contributed by atoms with E-state index in [1.165, 1.54) is 42.2 Å². The van der Waals surface area contributed by atoms with Crippen molar-refractivity contribution in [1.82, 2.24) is 18.8 Å². The molecule has 4 rings (SSSR count). The van der Waals surface area contributed by atoms with Gasteiger partial charge in [0.1, 0.15) is 5.52 Å². The van der Waals surface area contributed by atoms with Gasteiger partial charge in [0, 0.05) is 38.4 Å². The summed E-state index contributed by atoms with van der Waals surface area (Å²) in [7, 11) is -0.712. The minimum Gasteiger partial charge on any atom is -0.342 e. The Kier molecular flexibility index (Phi) is 6.45. The topological polar surface area (TPSA) is 93.4 Å². The van der Waals surface area contributed by atoms with Gasteiger partial charge in [-0.1, -0.05) is 17.7 Å². The van der Waals surface area contributed by atoms with Gasteiger partial charge in [0.05, 0.1) is 10.5 Å². The predicted molar refractivity (Wildman–Crippen MR) is 128 cm³/mol. The Bertz CT molecular complexity index is 1330. The third-order valence-corrected chi connectivity index (χ3v) is 8.16. The van der Waals surface area contributed by atoms with Gasteiger partial charge in [0.15, 0.2) is 0 Å². The van der Waals surface area contributed by atoms with Crippen molar-refractivity contribution >= 4 is 26.8 Å². The average Bonchev–Trinajstić information content (AvgIpc) is 3.27. The number of nitrogens with zero attached hydrogens (tertiary/aromatic N) is 3. The summed E-state index contributed by atoms with van der Waals surface area (Å²) in [6.07, 6.45) is 5.98. The van der Waals surface area contributed by atoms with Crippen molar-refractivity contribution in [3.8, 4) is 0 Å². The lowest BCUT2D eigenvalue weighted by molar-refractivity contribution is 0.0785. The summed E-state index contributed by atoms with van der Waals surface area (Å²) in [6.45, 7) is 4.49. The number of piperidine rings is 1. The first-order valence-corrected chi connectivity index (χ1v) is 12.6. The van der Waals surface area contributed by atoms with Gasteiger partial charge in [-0.3, -0.25) is 9.59 Å². The van der Waals surface area contributed by atoms with E-state index in [9.17, 15) is 18.0 Å². The van der Waals surface area contributed by atoms with Crippen LogP contribution in [0, 0.1) is 12.8 Å². The smallest absolute Gasteiger partial charge is 0.275 e. The van der Waals surface area contributed by atoms with E-state index in [0.29, 0.717) is 23.4 Å². The molecule has 33 heavy (non-hydrogen) atoms. The van der Waals surface area contributed by atoms with E-state index in [0.717, 1.165) is 41.9 Å². The van der Waals surface area contributed by atoms with Crippen LogP contribution in [0.3, 0.4) is 0 Å². The van der Waals surface area contributed by atoms with Gasteiger partial charge in [-0.05, 0) is 63.4 Å². The van der Waals surface area contributed by atoms with E-state index < -0.39 is 15.6 Å². The third-order valence-electron chi connectivity index (χ3n) is 6.47. The van der Waals surface area contributed by atoms with E-state index >= 15 is 0 Å². The molecule has 9 heteroatoms. The SMILES string of the molecule is Cc1ccc(S(=O)(=O)n2ccc3c(C(=O)N(C)CCC4CCNCC4)cn(C)c(=O)c32)cc1. The molecule has 8 nitrogen and oxygen atoms in total. The zero-order valence-electron chi connectivity index (χ0n) is 19.2. The van der Waals surface area contributed by atoms with Crippen LogP contribution < -0.4 is 10.9 Å². The van der Waals surface area contributed by atoms with Crippen molar-refractivity contribution in [2.24, 2.45) is 13.0 Å². The Morgan fingerprint density at radius 2 is 1.82 bits per heavy atom. The van der Waals surface area contributed by atoms with E-state index in [2.05, 4.69) is 5.32 Å². The normalized spacial score (nSPS) is 15.1. The molecule has 1 aliphatic rings. The lowest BCUT2D eigenvalue weighted by Crippen LogP contribution is -2.33. The summed E-state index contributed by atoms with van der Waals surface area (Å²) in [6, 6.07) is 8.00. The van der Waals surface area contributed by atoms with Crippen LogP contribution in [0.15, 0.2) is 52.4 Å². The Morgan fingerprint density at radius 1 is 1.15 bits per heavy atom. The zero-order chi connectivity index (χ0) is 23.8. The first-order valence-electron chi connectivity index (χ1n) is 11.2. The Hall–Kier alpha value is -2.91. The molecule has 1 amide bonds. The molecule has 2 aromatic heterocycles. The molecule has 0 saturated carbocycles. The summed E-state index contributed by atoms with van der Waals surface area (Å²) in [5.41, 5.74) is 0.760. The molecule has 0 atom stereocenters. The molecule has 176 valence electrons. The number of hydrogen-bond donors (Lipinski definition) is 1. The molecule has 3 aromatic rings. The van der Waals surface area contributed by atoms with Crippen LogP contribution in [0.2, 0.25) is 0 Å². The number of nitrogens with one attached hydrogen (secondary N) is 1. The highest BCUT2D eigenvalue weighted by Gasteiger charge is 2.25. The van der Waals surface area contributed by atoms with Crippen LogP contribution in [0.25, 0.3) is 10.9 Å². The molecule has 1 N–H and O–H groups in total. The molecule has 1 aromatic carbocycles. The van der Waals surface area contributed by atoms with Crippen molar-refractivity contribution in [2.75, 3.05) is 26.7 Å². The van der Waals surface area contributed by atoms with E-state index in [4.69, 9.17) is 0 Å². The monoisotopic (exact) mass is 470 g/mol. The number of hydrogen-bond acceptors (Lipinski definition) is 5. The summed E-state index contributed by atoms with van der Waals surface area (Å²) < 4.78 is 28.8. The fraction of sp³-hybridized carbons (Fsp3) is 0.417. The van der Waals surface area contributed by atoms with Crippen molar-refractivity contribution in [1.29, 1.82) is 0 Å². The predicted octanol–water partition coefficient (Wildman–Crippen LogP) is 2.35. The summed E-state index contributed by atoms with van der Waals surface area (Å²) in [5, 5.41) is 3.69. The molecule has 0 aliphatic carbocycles. The second kappa shape index (κ2) is 9.15. The molecule has 1 aliphatic heterocycles. The Labute approximate surface area is 193 Å². The number of carbonyl (C=O) groups excluding carboxylic acids is 1. The van der Waals surface area contributed by atoms with Crippen LogP contribution in [0.4, 0.5) is 0 Å². The highest BCUT2D eigenvalue weighted by Crippen LogP contribution is 2.24. The van der Waals surface area contributed by atoms with E-state index in [1.54, 1.807) is 24.1 Å². The largest absolute Gasteiger partial charge is 0.342 e. The minimum atomic E-state index is -3.99. The summed E-state index contributed by atoms with van der Waals surface area (Å²) >= 11 is 0. The molecule has 0 spiro atoms. The standard InChI is InChI=1S/C24H30N4O4S/c1-17-4-6-19(7-5-17)33(31,32)28-15-11-20-21(16-27(3)24(30)22(20)28)23(29)26(2)14-10-18-8-12-25-13-9-18/h4-7,11,15-16,18,25H,8-10,12-14H2,1-3H3. The molecular formula is C24H30N4O4S. The number of benzene rings is 1. The van der Waals surface area contributed by atoms with Crippen LogP contribution in [0.1, 0.15) is 35.2 Å². The van der Waals surface area contributed by atoms with Crippen LogP contribution in [0.5, 0.6) is 0 Å². The number of fused-ring (bicyclic) bond motifs is 1. The number of pyridine rings is 1. The first kappa shape index (κ1) is 23.3. The third kappa shape index (κ3) is 4.47. The van der Waals surface area contributed by atoms with Crippen molar-refractivity contribution in [3.63, 3.8) is 0 Å². The fourth-order valence-electron chi connectivity index (χ4n) is 4.38. The van der Waals surface area contributed by atoms with Gasteiger partial charge in [0.25, 0.3) is 21.5 Å².